The SMILES string of the molecule is C=C(C)C(=O)OC1(C2CCC(=O)O2)CCCCC1. The lowest BCUT2D eigenvalue weighted by Gasteiger charge is -2.40. The molecule has 0 aromatic rings. The van der Waals surface area contributed by atoms with E-state index in [9.17, 15) is 9.59 Å². The number of esters is 2. The number of rotatable bonds is 3. The first kappa shape index (κ1) is 13.1. The van der Waals surface area contributed by atoms with E-state index in [1.165, 1.54) is 0 Å². The van der Waals surface area contributed by atoms with Crippen molar-refractivity contribution in [3.8, 4) is 0 Å². The molecular weight excluding hydrogens is 232 g/mol. The highest BCUT2D eigenvalue weighted by Crippen LogP contribution is 2.40. The van der Waals surface area contributed by atoms with Crippen LogP contribution in [0.4, 0.5) is 0 Å². The van der Waals surface area contributed by atoms with Gasteiger partial charge in [0.25, 0.3) is 0 Å². The van der Waals surface area contributed by atoms with E-state index in [-0.39, 0.29) is 18.0 Å². The Morgan fingerprint density at radius 1 is 1.39 bits per heavy atom. The van der Waals surface area contributed by atoms with E-state index in [1.807, 2.05) is 0 Å². The van der Waals surface area contributed by atoms with Gasteiger partial charge in [-0.2, -0.15) is 0 Å². The molecule has 1 unspecified atom stereocenters. The Bertz CT molecular complexity index is 366. The lowest BCUT2D eigenvalue weighted by Crippen LogP contribution is -2.48. The van der Waals surface area contributed by atoms with Gasteiger partial charge in [-0.1, -0.05) is 13.0 Å². The van der Waals surface area contributed by atoms with E-state index in [0.29, 0.717) is 18.4 Å². The molecule has 0 amide bonds. The first-order valence-electron chi connectivity index (χ1n) is 6.62. The summed E-state index contributed by atoms with van der Waals surface area (Å²) in [4.78, 5) is 23.1. The molecule has 0 aromatic carbocycles. The summed E-state index contributed by atoms with van der Waals surface area (Å²) >= 11 is 0. The summed E-state index contributed by atoms with van der Waals surface area (Å²) in [5.41, 5.74) is -0.218. The quantitative estimate of drug-likeness (QED) is 0.572. The molecule has 2 fully saturated rings. The molecule has 18 heavy (non-hydrogen) atoms. The Balaban J connectivity index is 2.14. The maximum atomic E-state index is 11.8. The zero-order valence-corrected chi connectivity index (χ0v) is 10.9. The highest BCUT2D eigenvalue weighted by Gasteiger charge is 2.48. The van der Waals surface area contributed by atoms with Crippen LogP contribution in [0.1, 0.15) is 51.9 Å². The van der Waals surface area contributed by atoms with Crippen molar-refractivity contribution in [3.05, 3.63) is 12.2 Å². The molecule has 1 aliphatic carbocycles. The minimum absolute atomic E-state index is 0.184. The van der Waals surface area contributed by atoms with Crippen molar-refractivity contribution in [1.29, 1.82) is 0 Å². The van der Waals surface area contributed by atoms with Crippen LogP contribution in [0.15, 0.2) is 12.2 Å². The number of ether oxygens (including phenoxy) is 2. The number of hydrogen-bond donors (Lipinski definition) is 0. The summed E-state index contributed by atoms with van der Waals surface area (Å²) in [5.74, 6) is -0.559. The maximum Gasteiger partial charge on any atom is 0.333 e. The molecule has 4 heteroatoms. The van der Waals surface area contributed by atoms with Crippen LogP contribution in [-0.2, 0) is 19.1 Å². The van der Waals surface area contributed by atoms with Gasteiger partial charge in [-0.25, -0.2) is 4.79 Å². The second-order valence-electron chi connectivity index (χ2n) is 5.31. The van der Waals surface area contributed by atoms with Crippen molar-refractivity contribution >= 4 is 11.9 Å². The van der Waals surface area contributed by atoms with E-state index < -0.39 is 5.60 Å². The Morgan fingerprint density at radius 3 is 2.56 bits per heavy atom. The zero-order chi connectivity index (χ0) is 13.2. The fourth-order valence-electron chi connectivity index (χ4n) is 2.81. The number of carbonyl (C=O) groups is 2. The average molecular weight is 252 g/mol. The van der Waals surface area contributed by atoms with Gasteiger partial charge in [-0.15, -0.1) is 0 Å². The largest absolute Gasteiger partial charge is 0.458 e. The molecule has 2 rings (SSSR count). The van der Waals surface area contributed by atoms with E-state index in [4.69, 9.17) is 9.47 Å². The predicted octanol–water partition coefficient (Wildman–Crippen LogP) is 2.51. The van der Waals surface area contributed by atoms with Gasteiger partial charge >= 0.3 is 11.9 Å². The van der Waals surface area contributed by atoms with Gasteiger partial charge in [-0.3, -0.25) is 4.79 Å². The standard InChI is InChI=1S/C14H20O4/c1-10(2)13(16)18-14(8-4-3-5-9-14)11-6-7-12(15)17-11/h11H,1,3-9H2,2H3. The van der Waals surface area contributed by atoms with Gasteiger partial charge < -0.3 is 9.47 Å². The van der Waals surface area contributed by atoms with Crippen molar-refractivity contribution in [2.24, 2.45) is 0 Å². The van der Waals surface area contributed by atoms with Crippen LogP contribution in [0.3, 0.4) is 0 Å². The van der Waals surface area contributed by atoms with Crippen LogP contribution in [0, 0.1) is 0 Å². The molecule has 1 saturated carbocycles. The second-order valence-corrected chi connectivity index (χ2v) is 5.31. The van der Waals surface area contributed by atoms with Crippen LogP contribution in [0.2, 0.25) is 0 Å². The van der Waals surface area contributed by atoms with Gasteiger partial charge in [0.05, 0.1) is 0 Å². The topological polar surface area (TPSA) is 52.6 Å². The monoisotopic (exact) mass is 252 g/mol. The first-order chi connectivity index (χ1) is 8.53. The van der Waals surface area contributed by atoms with E-state index in [1.54, 1.807) is 6.92 Å². The van der Waals surface area contributed by atoms with Crippen LogP contribution < -0.4 is 0 Å². The normalized spacial score (nSPS) is 26.5. The lowest BCUT2D eigenvalue weighted by atomic mass is 9.79. The van der Waals surface area contributed by atoms with Gasteiger partial charge in [0.1, 0.15) is 11.7 Å². The summed E-state index contributed by atoms with van der Waals surface area (Å²) in [6, 6.07) is 0. The molecule has 1 heterocycles. The highest BCUT2D eigenvalue weighted by atomic mass is 16.6. The summed E-state index contributed by atoms with van der Waals surface area (Å²) in [7, 11) is 0. The minimum Gasteiger partial charge on any atom is -0.458 e. The Hall–Kier alpha value is -1.32. The molecule has 0 bridgehead atoms. The van der Waals surface area contributed by atoms with Crippen molar-refractivity contribution in [2.45, 2.75) is 63.6 Å². The van der Waals surface area contributed by atoms with Crippen molar-refractivity contribution in [1.82, 2.24) is 0 Å². The van der Waals surface area contributed by atoms with Crippen LogP contribution in [0.5, 0.6) is 0 Å². The summed E-state index contributed by atoms with van der Waals surface area (Å²) in [6.45, 7) is 5.25. The molecule has 0 N–H and O–H groups in total. The van der Waals surface area contributed by atoms with E-state index in [0.717, 1.165) is 32.1 Å². The molecule has 0 radical (unpaired) electrons. The Labute approximate surface area is 107 Å². The third kappa shape index (κ3) is 2.57. The first-order valence-corrected chi connectivity index (χ1v) is 6.62. The number of carbonyl (C=O) groups excluding carboxylic acids is 2. The van der Waals surface area contributed by atoms with E-state index in [2.05, 4.69) is 6.58 Å². The molecular formula is C14H20O4. The van der Waals surface area contributed by atoms with Gasteiger partial charge in [0, 0.05) is 12.0 Å². The number of hydrogen-bond acceptors (Lipinski definition) is 4. The highest BCUT2D eigenvalue weighted by molar-refractivity contribution is 5.87. The van der Waals surface area contributed by atoms with Crippen molar-refractivity contribution < 1.29 is 19.1 Å². The van der Waals surface area contributed by atoms with Gasteiger partial charge in [0.15, 0.2) is 0 Å². The fourth-order valence-corrected chi connectivity index (χ4v) is 2.81. The Kier molecular flexibility index (Phi) is 3.73. The average Bonchev–Trinajstić information content (AvgIpc) is 2.77. The van der Waals surface area contributed by atoms with Gasteiger partial charge in [0.2, 0.25) is 0 Å². The molecule has 1 aliphatic heterocycles. The lowest BCUT2D eigenvalue weighted by molar-refractivity contribution is -0.181. The molecule has 4 nitrogen and oxygen atoms in total. The molecule has 1 atom stereocenters. The molecule has 100 valence electrons. The molecule has 2 aliphatic rings. The molecule has 0 aromatic heterocycles. The fraction of sp³-hybridized carbons (Fsp3) is 0.714. The number of cyclic esters (lactones) is 1. The molecule has 1 saturated heterocycles. The summed E-state index contributed by atoms with van der Waals surface area (Å²) in [6.07, 6.45) is 5.55. The van der Waals surface area contributed by atoms with Crippen molar-refractivity contribution in [2.75, 3.05) is 0 Å². The van der Waals surface area contributed by atoms with Crippen LogP contribution in [-0.4, -0.2) is 23.6 Å². The Morgan fingerprint density at radius 2 is 2.06 bits per heavy atom. The van der Waals surface area contributed by atoms with Crippen molar-refractivity contribution in [3.63, 3.8) is 0 Å². The van der Waals surface area contributed by atoms with Crippen LogP contribution in [0.25, 0.3) is 0 Å². The summed E-state index contributed by atoms with van der Waals surface area (Å²) in [5, 5.41) is 0. The second kappa shape index (κ2) is 5.12. The summed E-state index contributed by atoms with van der Waals surface area (Å²) < 4.78 is 11.0. The smallest absolute Gasteiger partial charge is 0.333 e. The third-order valence-electron chi connectivity index (χ3n) is 3.82. The van der Waals surface area contributed by atoms with Gasteiger partial charge in [-0.05, 0) is 39.0 Å². The third-order valence-corrected chi connectivity index (χ3v) is 3.82. The maximum absolute atomic E-state index is 11.8. The zero-order valence-electron chi connectivity index (χ0n) is 10.9. The molecule has 0 spiro atoms. The minimum atomic E-state index is -0.611. The van der Waals surface area contributed by atoms with Crippen LogP contribution >= 0.6 is 0 Å². The predicted molar refractivity (Wildman–Crippen MR) is 65.8 cm³/mol. The van der Waals surface area contributed by atoms with E-state index >= 15 is 0 Å².